The van der Waals surface area contributed by atoms with Gasteiger partial charge in [-0.15, -0.1) is 12.4 Å². The molecule has 0 saturated heterocycles. The van der Waals surface area contributed by atoms with E-state index in [0.29, 0.717) is 11.5 Å². The van der Waals surface area contributed by atoms with E-state index < -0.39 is 16.4 Å². The normalized spacial score (nSPS) is 17.6. The minimum Gasteiger partial charge on any atom is -0.324 e. The number of halogens is 2. The van der Waals surface area contributed by atoms with Crippen LogP contribution in [0.2, 0.25) is 0 Å². The molecule has 1 saturated carbocycles. The molecule has 1 fully saturated rings. The number of nitrogens with two attached hydrogens (primary N) is 1. The Labute approximate surface area is 117 Å². The number of hydrogen-bond donors (Lipinski definition) is 1. The first-order valence-electron chi connectivity index (χ1n) is 6.29. The largest absolute Gasteiger partial charge is 0.324 e. The fraction of sp³-hybridized carbons (Fsp3) is 0.538. The van der Waals surface area contributed by atoms with Crippen molar-refractivity contribution < 1.29 is 9.31 Å². The molecule has 0 aliphatic heterocycles. The molecular formula is C13H18ClFN2O2. The third-order valence-corrected chi connectivity index (χ3v) is 3.71. The van der Waals surface area contributed by atoms with E-state index in [1.165, 1.54) is 12.5 Å². The number of rotatable bonds is 3. The molecule has 0 radical (unpaired) electrons. The van der Waals surface area contributed by atoms with Crippen molar-refractivity contribution in [2.24, 2.45) is 11.7 Å². The van der Waals surface area contributed by atoms with Gasteiger partial charge in [-0.3, -0.25) is 10.1 Å². The molecule has 0 spiro atoms. The zero-order valence-electron chi connectivity index (χ0n) is 10.5. The molecule has 0 aromatic heterocycles. The molecule has 2 N–H and O–H groups in total. The van der Waals surface area contributed by atoms with Crippen LogP contribution in [0.1, 0.15) is 43.7 Å². The Kier molecular flexibility index (Phi) is 5.69. The summed E-state index contributed by atoms with van der Waals surface area (Å²) in [6, 6.07) is 3.73. The first-order valence-corrected chi connectivity index (χ1v) is 6.29. The van der Waals surface area contributed by atoms with E-state index in [1.54, 1.807) is 6.07 Å². The van der Waals surface area contributed by atoms with E-state index in [2.05, 4.69) is 0 Å². The number of hydrogen-bond acceptors (Lipinski definition) is 3. The van der Waals surface area contributed by atoms with E-state index in [0.717, 1.165) is 31.7 Å². The maximum Gasteiger partial charge on any atom is 0.305 e. The van der Waals surface area contributed by atoms with Crippen LogP contribution in [-0.2, 0) is 0 Å². The second kappa shape index (κ2) is 6.82. The van der Waals surface area contributed by atoms with Crippen molar-refractivity contribution in [3.8, 4) is 0 Å². The van der Waals surface area contributed by atoms with Gasteiger partial charge in [0.25, 0.3) is 0 Å². The van der Waals surface area contributed by atoms with Crippen molar-refractivity contribution in [3.05, 3.63) is 39.7 Å². The number of nitrogens with zero attached hydrogens (tertiary/aromatic N) is 1. The summed E-state index contributed by atoms with van der Waals surface area (Å²) in [4.78, 5) is 10.00. The third-order valence-electron chi connectivity index (χ3n) is 3.71. The van der Waals surface area contributed by atoms with Gasteiger partial charge in [-0.1, -0.05) is 25.3 Å². The van der Waals surface area contributed by atoms with Gasteiger partial charge in [0.15, 0.2) is 0 Å². The van der Waals surface area contributed by atoms with Gasteiger partial charge in [0.2, 0.25) is 5.82 Å². The minimum atomic E-state index is -0.806. The monoisotopic (exact) mass is 288 g/mol. The summed E-state index contributed by atoms with van der Waals surface area (Å²) in [7, 11) is 0. The summed E-state index contributed by atoms with van der Waals surface area (Å²) in [5.74, 6) is -0.455. The van der Waals surface area contributed by atoms with Crippen molar-refractivity contribution in [3.63, 3.8) is 0 Å². The Morgan fingerprint density at radius 2 is 1.95 bits per heavy atom. The maximum atomic E-state index is 13.2. The first-order chi connectivity index (χ1) is 8.59. The van der Waals surface area contributed by atoms with E-state index in [9.17, 15) is 14.5 Å². The summed E-state index contributed by atoms with van der Waals surface area (Å²) in [6.07, 6.45) is 5.63. The lowest BCUT2D eigenvalue weighted by atomic mass is 9.81. The quantitative estimate of drug-likeness (QED) is 0.680. The van der Waals surface area contributed by atoms with Crippen LogP contribution in [0, 0.1) is 21.8 Å². The molecule has 1 aliphatic rings. The Bertz CT molecular complexity index is 450. The van der Waals surface area contributed by atoms with Gasteiger partial charge in [-0.2, -0.15) is 4.39 Å². The molecule has 1 atom stereocenters. The molecule has 6 heteroatoms. The Morgan fingerprint density at radius 1 is 1.32 bits per heavy atom. The van der Waals surface area contributed by atoms with Crippen LogP contribution in [-0.4, -0.2) is 4.92 Å². The van der Waals surface area contributed by atoms with Crippen molar-refractivity contribution in [1.29, 1.82) is 0 Å². The second-order valence-electron chi connectivity index (χ2n) is 4.89. The molecule has 0 unspecified atom stereocenters. The molecule has 1 aliphatic carbocycles. The molecule has 106 valence electrons. The number of nitro benzene ring substituents is 1. The summed E-state index contributed by atoms with van der Waals surface area (Å²) in [5.41, 5.74) is 6.32. The van der Waals surface area contributed by atoms with E-state index in [1.807, 2.05) is 0 Å². The number of nitro groups is 1. The molecule has 2 rings (SSSR count). The molecule has 0 amide bonds. The lowest BCUT2D eigenvalue weighted by Crippen LogP contribution is -2.23. The molecule has 1 aromatic rings. The summed E-state index contributed by atoms with van der Waals surface area (Å²) < 4.78 is 13.2. The summed E-state index contributed by atoms with van der Waals surface area (Å²) in [5, 5.41) is 10.7. The number of benzene rings is 1. The van der Waals surface area contributed by atoms with Crippen LogP contribution in [0.3, 0.4) is 0 Å². The lowest BCUT2D eigenvalue weighted by Gasteiger charge is -2.27. The topological polar surface area (TPSA) is 69.2 Å². The van der Waals surface area contributed by atoms with Crippen LogP contribution in [0.25, 0.3) is 0 Å². The van der Waals surface area contributed by atoms with E-state index >= 15 is 0 Å². The highest BCUT2D eigenvalue weighted by molar-refractivity contribution is 5.85. The van der Waals surface area contributed by atoms with Crippen molar-refractivity contribution >= 4 is 18.1 Å². The lowest BCUT2D eigenvalue weighted by molar-refractivity contribution is -0.387. The highest BCUT2D eigenvalue weighted by atomic mass is 35.5. The molecule has 19 heavy (non-hydrogen) atoms. The average molecular weight is 289 g/mol. The molecular weight excluding hydrogens is 271 g/mol. The molecule has 1 aromatic carbocycles. The Morgan fingerprint density at radius 3 is 2.53 bits per heavy atom. The molecule has 0 bridgehead atoms. The van der Waals surface area contributed by atoms with E-state index in [-0.39, 0.29) is 18.4 Å². The van der Waals surface area contributed by atoms with Gasteiger partial charge in [0, 0.05) is 12.1 Å². The van der Waals surface area contributed by atoms with Gasteiger partial charge in [0.1, 0.15) is 0 Å². The zero-order valence-corrected chi connectivity index (χ0v) is 11.4. The summed E-state index contributed by atoms with van der Waals surface area (Å²) >= 11 is 0. The molecule has 0 heterocycles. The van der Waals surface area contributed by atoms with Crippen LogP contribution >= 0.6 is 12.4 Å². The Balaban J connectivity index is 0.00000180. The molecule has 4 nitrogen and oxygen atoms in total. The van der Waals surface area contributed by atoms with Crippen molar-refractivity contribution in [2.75, 3.05) is 0 Å². The first kappa shape index (κ1) is 15.9. The Hall–Kier alpha value is -1.20. The van der Waals surface area contributed by atoms with E-state index in [4.69, 9.17) is 5.73 Å². The van der Waals surface area contributed by atoms with Crippen LogP contribution in [0.15, 0.2) is 18.2 Å². The van der Waals surface area contributed by atoms with Gasteiger partial charge in [-0.05, 0) is 30.4 Å². The smallest absolute Gasteiger partial charge is 0.305 e. The van der Waals surface area contributed by atoms with Crippen LogP contribution < -0.4 is 5.73 Å². The predicted octanol–water partition coefficient (Wildman–Crippen LogP) is 3.74. The standard InChI is InChI=1S/C13H17FN2O2.ClH/c14-11-7-6-10(8-12(11)16(17)18)13(15)9-4-2-1-3-5-9;/h6-9,13H,1-5,15H2;1H/t13-;/m0./s1. The van der Waals surface area contributed by atoms with Crippen molar-refractivity contribution in [2.45, 2.75) is 38.1 Å². The predicted molar refractivity (Wildman–Crippen MR) is 73.8 cm³/mol. The average Bonchev–Trinajstić information content (AvgIpc) is 2.39. The maximum absolute atomic E-state index is 13.2. The van der Waals surface area contributed by atoms with Crippen LogP contribution in [0.4, 0.5) is 10.1 Å². The summed E-state index contributed by atoms with van der Waals surface area (Å²) in [6.45, 7) is 0. The van der Waals surface area contributed by atoms with Gasteiger partial charge < -0.3 is 5.73 Å². The zero-order chi connectivity index (χ0) is 13.1. The highest BCUT2D eigenvalue weighted by Crippen LogP contribution is 2.34. The third kappa shape index (κ3) is 3.64. The fourth-order valence-corrected chi connectivity index (χ4v) is 2.64. The minimum absolute atomic E-state index is 0. The van der Waals surface area contributed by atoms with Gasteiger partial charge in [0.05, 0.1) is 4.92 Å². The van der Waals surface area contributed by atoms with Gasteiger partial charge >= 0.3 is 5.69 Å². The fourth-order valence-electron chi connectivity index (χ4n) is 2.64. The van der Waals surface area contributed by atoms with Gasteiger partial charge in [-0.25, -0.2) is 0 Å². The SMILES string of the molecule is Cl.N[C@H](c1ccc(F)c([N+](=O)[O-])c1)C1CCCCC1. The highest BCUT2D eigenvalue weighted by Gasteiger charge is 2.24. The second-order valence-corrected chi connectivity index (χ2v) is 4.89. The van der Waals surface area contributed by atoms with Crippen LogP contribution in [0.5, 0.6) is 0 Å². The van der Waals surface area contributed by atoms with Crippen molar-refractivity contribution in [1.82, 2.24) is 0 Å².